The Hall–Kier alpha value is -1.06. The number of benzene rings is 1. The lowest BCUT2D eigenvalue weighted by atomic mass is 9.84. The summed E-state index contributed by atoms with van der Waals surface area (Å²) < 4.78 is 11.7. The predicted octanol–water partition coefficient (Wildman–Crippen LogP) is 2.36. The van der Waals surface area contributed by atoms with Crippen LogP contribution in [0.1, 0.15) is 37.0 Å². The summed E-state index contributed by atoms with van der Waals surface area (Å²) in [6.45, 7) is 4.77. The van der Waals surface area contributed by atoms with Crippen molar-refractivity contribution in [3.63, 3.8) is 0 Å². The van der Waals surface area contributed by atoms with Crippen LogP contribution in [-0.2, 0) is 4.74 Å². The van der Waals surface area contributed by atoms with Crippen LogP contribution >= 0.6 is 0 Å². The first-order chi connectivity index (χ1) is 8.11. The van der Waals surface area contributed by atoms with Crippen LogP contribution in [0.2, 0.25) is 0 Å². The zero-order chi connectivity index (χ0) is 12.0. The lowest BCUT2D eigenvalue weighted by molar-refractivity contribution is -0.0565. The Bertz CT molecular complexity index is 443. The van der Waals surface area contributed by atoms with E-state index in [2.05, 4.69) is 0 Å². The normalized spacial score (nSPS) is 35.7. The largest absolute Gasteiger partial charge is 0.484 e. The van der Waals surface area contributed by atoms with Gasteiger partial charge in [-0.2, -0.15) is 0 Å². The minimum absolute atomic E-state index is 0.0478. The van der Waals surface area contributed by atoms with E-state index < -0.39 is 6.10 Å². The maximum Gasteiger partial charge on any atom is 0.140 e. The molecule has 0 aliphatic carbocycles. The van der Waals surface area contributed by atoms with Gasteiger partial charge in [0, 0.05) is 18.4 Å². The van der Waals surface area contributed by atoms with Crippen molar-refractivity contribution in [1.82, 2.24) is 0 Å². The number of rotatable bonds is 0. The van der Waals surface area contributed by atoms with Crippen molar-refractivity contribution < 1.29 is 14.6 Å². The summed E-state index contributed by atoms with van der Waals surface area (Å²) >= 11 is 0. The van der Waals surface area contributed by atoms with Gasteiger partial charge >= 0.3 is 0 Å². The van der Waals surface area contributed by atoms with Gasteiger partial charge in [0.25, 0.3) is 0 Å². The summed E-state index contributed by atoms with van der Waals surface area (Å²) in [7, 11) is 0. The average molecular weight is 234 g/mol. The van der Waals surface area contributed by atoms with Gasteiger partial charge in [-0.3, -0.25) is 0 Å². The van der Waals surface area contributed by atoms with Crippen LogP contribution < -0.4 is 4.74 Å². The van der Waals surface area contributed by atoms with Gasteiger partial charge in [-0.25, -0.2) is 0 Å². The Balaban J connectivity index is 2.01. The lowest BCUT2D eigenvalue weighted by Crippen LogP contribution is -2.46. The minimum atomic E-state index is -0.442. The molecular weight excluding hydrogens is 216 g/mol. The molecule has 3 heteroatoms. The first kappa shape index (κ1) is 11.1. The van der Waals surface area contributed by atoms with E-state index in [1.165, 1.54) is 0 Å². The van der Waals surface area contributed by atoms with Gasteiger partial charge in [-0.05, 0) is 26.0 Å². The van der Waals surface area contributed by atoms with Gasteiger partial charge in [0.05, 0.1) is 18.8 Å². The number of aliphatic hydroxyl groups excluding tert-OH is 1. The summed E-state index contributed by atoms with van der Waals surface area (Å²) in [5.74, 6) is 0.812. The van der Waals surface area contributed by atoms with Crippen molar-refractivity contribution in [2.24, 2.45) is 0 Å². The van der Waals surface area contributed by atoms with Crippen LogP contribution in [0.4, 0.5) is 0 Å². The summed E-state index contributed by atoms with van der Waals surface area (Å²) in [6.07, 6.45) is 1.10. The number of aryl methyl sites for hydroxylation is 1. The van der Waals surface area contributed by atoms with Crippen LogP contribution in [0.5, 0.6) is 5.75 Å². The lowest BCUT2D eigenvalue weighted by Gasteiger charge is -2.40. The zero-order valence-corrected chi connectivity index (χ0v) is 10.3. The molecule has 2 unspecified atom stereocenters. The molecule has 1 fully saturated rings. The molecule has 3 rings (SSSR count). The highest BCUT2D eigenvalue weighted by molar-refractivity contribution is 5.41. The second-order valence-electron chi connectivity index (χ2n) is 5.19. The molecule has 1 spiro atoms. The fourth-order valence-corrected chi connectivity index (χ4v) is 2.88. The molecule has 1 aromatic carbocycles. The fourth-order valence-electron chi connectivity index (χ4n) is 2.88. The summed E-state index contributed by atoms with van der Waals surface area (Å²) in [4.78, 5) is 0. The quantitative estimate of drug-likeness (QED) is 0.749. The SMILES string of the molecule is Cc1ccc2c(c1)[C@H](O)CC1(CCOC1C)O2. The second-order valence-corrected chi connectivity index (χ2v) is 5.19. The van der Waals surface area contributed by atoms with Gasteiger partial charge < -0.3 is 14.6 Å². The van der Waals surface area contributed by atoms with E-state index >= 15 is 0 Å². The molecule has 0 amide bonds. The fraction of sp³-hybridized carbons (Fsp3) is 0.571. The zero-order valence-electron chi connectivity index (χ0n) is 10.3. The highest BCUT2D eigenvalue weighted by Gasteiger charge is 2.48. The summed E-state index contributed by atoms with van der Waals surface area (Å²) in [6, 6.07) is 5.98. The molecule has 1 aromatic rings. The molecular formula is C14H18O3. The van der Waals surface area contributed by atoms with Gasteiger partial charge in [0.2, 0.25) is 0 Å². The van der Waals surface area contributed by atoms with Crippen LogP contribution in [-0.4, -0.2) is 23.4 Å². The van der Waals surface area contributed by atoms with Crippen molar-refractivity contribution in [3.8, 4) is 5.75 Å². The van der Waals surface area contributed by atoms with E-state index in [0.717, 1.165) is 29.9 Å². The van der Waals surface area contributed by atoms with Crippen LogP contribution in [0.15, 0.2) is 18.2 Å². The molecule has 0 bridgehead atoms. The predicted molar refractivity (Wildman–Crippen MR) is 64.1 cm³/mol. The molecule has 3 nitrogen and oxygen atoms in total. The van der Waals surface area contributed by atoms with Gasteiger partial charge in [-0.1, -0.05) is 11.6 Å². The first-order valence-electron chi connectivity index (χ1n) is 6.20. The molecule has 2 heterocycles. The maximum atomic E-state index is 10.3. The van der Waals surface area contributed by atoms with Gasteiger partial charge in [0.1, 0.15) is 11.4 Å². The highest BCUT2D eigenvalue weighted by Crippen LogP contribution is 2.45. The third-order valence-electron chi connectivity index (χ3n) is 4.01. The molecule has 3 atom stereocenters. The topological polar surface area (TPSA) is 38.7 Å². The van der Waals surface area contributed by atoms with Crippen molar-refractivity contribution >= 4 is 0 Å². The van der Waals surface area contributed by atoms with Crippen LogP contribution in [0.25, 0.3) is 0 Å². The average Bonchev–Trinajstić information content (AvgIpc) is 2.62. The molecule has 0 radical (unpaired) electrons. The standard InChI is InChI=1S/C14H18O3/c1-9-3-4-13-11(7-9)12(15)8-14(17-13)5-6-16-10(14)2/h3-4,7,10,12,15H,5-6,8H2,1-2H3/t10?,12-,14?/m1/s1. The third-order valence-corrected chi connectivity index (χ3v) is 4.01. The monoisotopic (exact) mass is 234 g/mol. The van der Waals surface area contributed by atoms with Crippen molar-refractivity contribution in [2.75, 3.05) is 6.61 Å². The molecule has 2 aliphatic heterocycles. The molecule has 92 valence electrons. The van der Waals surface area contributed by atoms with Gasteiger partial charge in [0.15, 0.2) is 0 Å². The Morgan fingerprint density at radius 1 is 1.41 bits per heavy atom. The maximum absolute atomic E-state index is 10.3. The highest BCUT2D eigenvalue weighted by atomic mass is 16.6. The first-order valence-corrected chi connectivity index (χ1v) is 6.20. The summed E-state index contributed by atoms with van der Waals surface area (Å²) in [5, 5.41) is 10.3. The Labute approximate surface area is 101 Å². The molecule has 0 saturated carbocycles. The number of aliphatic hydroxyl groups is 1. The van der Waals surface area contributed by atoms with E-state index in [9.17, 15) is 5.11 Å². The van der Waals surface area contributed by atoms with E-state index in [1.807, 2.05) is 32.0 Å². The Morgan fingerprint density at radius 3 is 2.94 bits per heavy atom. The Kier molecular flexibility index (Phi) is 2.42. The van der Waals surface area contributed by atoms with E-state index in [0.29, 0.717) is 6.42 Å². The Morgan fingerprint density at radius 2 is 2.24 bits per heavy atom. The van der Waals surface area contributed by atoms with Crippen molar-refractivity contribution in [1.29, 1.82) is 0 Å². The molecule has 0 aromatic heterocycles. The van der Waals surface area contributed by atoms with Gasteiger partial charge in [-0.15, -0.1) is 0 Å². The second kappa shape index (κ2) is 3.72. The van der Waals surface area contributed by atoms with E-state index in [-0.39, 0.29) is 11.7 Å². The smallest absolute Gasteiger partial charge is 0.140 e. The van der Waals surface area contributed by atoms with E-state index in [1.54, 1.807) is 0 Å². The van der Waals surface area contributed by atoms with E-state index in [4.69, 9.17) is 9.47 Å². The molecule has 17 heavy (non-hydrogen) atoms. The number of fused-ring (bicyclic) bond motifs is 1. The minimum Gasteiger partial charge on any atom is -0.484 e. The van der Waals surface area contributed by atoms with Crippen LogP contribution in [0, 0.1) is 6.92 Å². The van der Waals surface area contributed by atoms with Crippen molar-refractivity contribution in [3.05, 3.63) is 29.3 Å². The molecule has 1 saturated heterocycles. The number of ether oxygens (including phenoxy) is 2. The third kappa shape index (κ3) is 1.65. The number of hydrogen-bond acceptors (Lipinski definition) is 3. The number of hydrogen-bond donors (Lipinski definition) is 1. The summed E-state index contributed by atoms with van der Waals surface area (Å²) in [5.41, 5.74) is 1.73. The molecule has 2 aliphatic rings. The van der Waals surface area contributed by atoms with Crippen LogP contribution in [0.3, 0.4) is 0 Å². The van der Waals surface area contributed by atoms with Crippen molar-refractivity contribution in [2.45, 2.75) is 44.5 Å². The molecule has 1 N–H and O–H groups in total.